The van der Waals surface area contributed by atoms with Gasteiger partial charge >= 0.3 is 0 Å². The molecule has 0 aliphatic carbocycles. The van der Waals surface area contributed by atoms with E-state index in [1.54, 1.807) is 0 Å². The molecule has 3 N–H and O–H groups in total. The van der Waals surface area contributed by atoms with Crippen LogP contribution in [0, 0.1) is 13.8 Å². The second-order valence-electron chi connectivity index (χ2n) is 4.09. The Hall–Kier alpha value is -2.14. The number of aromatic nitrogens is 1. The van der Waals surface area contributed by atoms with E-state index in [9.17, 15) is 4.79 Å². The molecule has 0 unspecified atom stereocenters. The van der Waals surface area contributed by atoms with Gasteiger partial charge in [-0.15, -0.1) is 0 Å². The molecule has 0 aliphatic heterocycles. The molecule has 0 radical (unpaired) electrons. The molecular weight excluding hydrogens is 230 g/mol. The fourth-order valence-corrected chi connectivity index (χ4v) is 1.79. The van der Waals surface area contributed by atoms with E-state index in [4.69, 9.17) is 10.6 Å². The fourth-order valence-electron chi connectivity index (χ4n) is 1.79. The van der Waals surface area contributed by atoms with Gasteiger partial charge in [-0.1, -0.05) is 12.1 Å². The normalized spacial score (nSPS) is 10.4. The highest BCUT2D eigenvalue weighted by molar-refractivity contribution is 5.88. The quantitative estimate of drug-likeness (QED) is 0.484. The minimum absolute atomic E-state index is 0.108. The van der Waals surface area contributed by atoms with Crippen LogP contribution >= 0.6 is 0 Å². The maximum atomic E-state index is 11.1. The van der Waals surface area contributed by atoms with Crippen LogP contribution in [0.3, 0.4) is 0 Å². The van der Waals surface area contributed by atoms with Crippen LogP contribution < -0.4 is 16.0 Å². The largest absolute Gasteiger partial charge is 0.483 e. The highest BCUT2D eigenvalue weighted by Gasteiger charge is 2.08. The monoisotopic (exact) mass is 245 g/mol. The number of para-hydroxylation sites is 1. The van der Waals surface area contributed by atoms with Crippen LogP contribution in [0.25, 0.3) is 10.9 Å². The summed E-state index contributed by atoms with van der Waals surface area (Å²) in [4.78, 5) is 15.6. The van der Waals surface area contributed by atoms with Gasteiger partial charge in [0.1, 0.15) is 5.75 Å². The Morgan fingerprint density at radius 2 is 2.22 bits per heavy atom. The Morgan fingerprint density at radius 3 is 2.94 bits per heavy atom. The van der Waals surface area contributed by atoms with Crippen molar-refractivity contribution in [2.75, 3.05) is 6.61 Å². The number of fused-ring (bicyclic) bond motifs is 1. The summed E-state index contributed by atoms with van der Waals surface area (Å²) in [5, 5.41) is 0.894. The van der Waals surface area contributed by atoms with Crippen molar-refractivity contribution in [3.63, 3.8) is 0 Å². The zero-order valence-electron chi connectivity index (χ0n) is 10.4. The number of pyridine rings is 1. The van der Waals surface area contributed by atoms with Crippen LogP contribution in [0.15, 0.2) is 24.3 Å². The second-order valence-corrected chi connectivity index (χ2v) is 4.09. The van der Waals surface area contributed by atoms with Gasteiger partial charge < -0.3 is 4.74 Å². The first-order valence-corrected chi connectivity index (χ1v) is 5.61. The fraction of sp³-hybridized carbons (Fsp3) is 0.231. The average Bonchev–Trinajstić information content (AvgIpc) is 2.36. The summed E-state index contributed by atoms with van der Waals surface area (Å²) < 4.78 is 5.48. The molecule has 0 saturated carbocycles. The minimum atomic E-state index is -0.370. The van der Waals surface area contributed by atoms with Gasteiger partial charge in [0, 0.05) is 17.1 Å². The lowest BCUT2D eigenvalue weighted by atomic mass is 10.1. The van der Waals surface area contributed by atoms with Gasteiger partial charge in [-0.2, -0.15) is 0 Å². The molecule has 94 valence electrons. The van der Waals surface area contributed by atoms with E-state index in [0.717, 1.165) is 22.2 Å². The third kappa shape index (κ3) is 2.41. The molecule has 18 heavy (non-hydrogen) atoms. The zero-order valence-corrected chi connectivity index (χ0v) is 10.4. The van der Waals surface area contributed by atoms with Gasteiger partial charge in [0.05, 0.1) is 5.52 Å². The predicted octanol–water partition coefficient (Wildman–Crippen LogP) is 1.22. The van der Waals surface area contributed by atoms with Crippen LogP contribution in [-0.2, 0) is 4.79 Å². The van der Waals surface area contributed by atoms with E-state index in [0.29, 0.717) is 5.75 Å². The smallest absolute Gasteiger partial charge is 0.271 e. The number of carbonyl (C=O) groups is 1. The van der Waals surface area contributed by atoms with E-state index in [1.165, 1.54) is 0 Å². The van der Waals surface area contributed by atoms with Crippen LogP contribution in [0.5, 0.6) is 5.75 Å². The minimum Gasteiger partial charge on any atom is -0.483 e. The molecule has 1 amide bonds. The molecule has 1 heterocycles. The molecule has 0 fully saturated rings. The van der Waals surface area contributed by atoms with Gasteiger partial charge in [-0.25, -0.2) is 5.84 Å². The molecule has 0 aliphatic rings. The molecule has 5 heteroatoms. The predicted molar refractivity (Wildman–Crippen MR) is 69.0 cm³/mol. The molecule has 0 saturated heterocycles. The molecule has 1 aromatic heterocycles. The summed E-state index contributed by atoms with van der Waals surface area (Å²) in [6.45, 7) is 3.77. The maximum Gasteiger partial charge on any atom is 0.271 e. The first-order valence-electron chi connectivity index (χ1n) is 5.61. The van der Waals surface area contributed by atoms with Crippen LogP contribution in [0.1, 0.15) is 11.3 Å². The van der Waals surface area contributed by atoms with Gasteiger partial charge in [-0.3, -0.25) is 15.2 Å². The van der Waals surface area contributed by atoms with Crippen LogP contribution in [0.4, 0.5) is 0 Å². The number of nitrogens with two attached hydrogens (primary N) is 1. The third-order valence-corrected chi connectivity index (χ3v) is 2.65. The molecule has 0 spiro atoms. The molecule has 0 atom stereocenters. The highest BCUT2D eigenvalue weighted by Crippen LogP contribution is 2.27. The first-order chi connectivity index (χ1) is 8.61. The van der Waals surface area contributed by atoms with E-state index >= 15 is 0 Å². The Bertz CT molecular complexity index is 596. The number of ether oxygens (including phenoxy) is 1. The van der Waals surface area contributed by atoms with Crippen molar-refractivity contribution >= 4 is 16.8 Å². The average molecular weight is 245 g/mol. The van der Waals surface area contributed by atoms with Crippen molar-refractivity contribution in [2.45, 2.75) is 13.8 Å². The van der Waals surface area contributed by atoms with Crippen LogP contribution in [-0.4, -0.2) is 17.5 Å². The van der Waals surface area contributed by atoms with Crippen molar-refractivity contribution in [1.82, 2.24) is 10.4 Å². The molecular formula is C13H15N3O2. The van der Waals surface area contributed by atoms with Gasteiger partial charge in [-0.05, 0) is 25.5 Å². The number of hydrogen-bond acceptors (Lipinski definition) is 4. The SMILES string of the molecule is Cc1cc(OCC(=O)NN)c2cccc(C)c2n1. The topological polar surface area (TPSA) is 77.2 Å². The summed E-state index contributed by atoms with van der Waals surface area (Å²) >= 11 is 0. The van der Waals surface area contributed by atoms with E-state index in [-0.39, 0.29) is 12.5 Å². The van der Waals surface area contributed by atoms with Crippen LogP contribution in [0.2, 0.25) is 0 Å². The van der Waals surface area contributed by atoms with Gasteiger partial charge in [0.15, 0.2) is 6.61 Å². The molecule has 2 aromatic rings. The number of rotatable bonds is 3. The Balaban J connectivity index is 2.43. The van der Waals surface area contributed by atoms with Crippen molar-refractivity contribution in [3.05, 3.63) is 35.5 Å². The number of hydrazine groups is 1. The number of carbonyl (C=O) groups excluding carboxylic acids is 1. The number of nitrogens with one attached hydrogen (secondary N) is 1. The van der Waals surface area contributed by atoms with Gasteiger partial charge in [0.25, 0.3) is 5.91 Å². The molecule has 5 nitrogen and oxygen atoms in total. The van der Waals surface area contributed by atoms with Gasteiger partial charge in [0.2, 0.25) is 0 Å². The summed E-state index contributed by atoms with van der Waals surface area (Å²) in [6, 6.07) is 7.66. The van der Waals surface area contributed by atoms with Crippen molar-refractivity contribution in [1.29, 1.82) is 0 Å². The number of benzene rings is 1. The molecule has 0 bridgehead atoms. The van der Waals surface area contributed by atoms with E-state index < -0.39 is 0 Å². The lowest BCUT2D eigenvalue weighted by molar-refractivity contribution is -0.123. The summed E-state index contributed by atoms with van der Waals surface area (Å²) in [7, 11) is 0. The summed E-state index contributed by atoms with van der Waals surface area (Å²) in [5.74, 6) is 5.28. The van der Waals surface area contributed by atoms with Crippen molar-refractivity contribution in [2.24, 2.45) is 5.84 Å². The van der Waals surface area contributed by atoms with E-state index in [2.05, 4.69) is 4.98 Å². The number of hydrogen-bond donors (Lipinski definition) is 2. The summed E-state index contributed by atoms with van der Waals surface area (Å²) in [6.07, 6.45) is 0. The lowest BCUT2D eigenvalue weighted by Gasteiger charge is -2.10. The highest BCUT2D eigenvalue weighted by atomic mass is 16.5. The maximum absolute atomic E-state index is 11.1. The van der Waals surface area contributed by atoms with Crippen molar-refractivity contribution < 1.29 is 9.53 Å². The molecule has 2 rings (SSSR count). The summed E-state index contributed by atoms with van der Waals surface area (Å²) in [5.41, 5.74) is 4.84. The zero-order chi connectivity index (χ0) is 13.1. The number of nitrogens with zero attached hydrogens (tertiary/aromatic N) is 1. The lowest BCUT2D eigenvalue weighted by Crippen LogP contribution is -2.34. The molecule has 1 aromatic carbocycles. The standard InChI is InChI=1S/C13H15N3O2/c1-8-4-3-5-10-11(18-7-12(17)16-14)6-9(2)15-13(8)10/h3-6H,7,14H2,1-2H3,(H,16,17). The Labute approximate surface area is 105 Å². The first kappa shape index (κ1) is 12.3. The van der Waals surface area contributed by atoms with E-state index in [1.807, 2.05) is 43.5 Å². The second kappa shape index (κ2) is 5.01. The number of aryl methyl sites for hydroxylation is 2. The van der Waals surface area contributed by atoms with Crippen molar-refractivity contribution in [3.8, 4) is 5.75 Å². The third-order valence-electron chi connectivity index (χ3n) is 2.65. The number of amides is 1. The Kier molecular flexibility index (Phi) is 3.43. The Morgan fingerprint density at radius 1 is 1.44 bits per heavy atom.